The minimum atomic E-state index is -0.165. The van der Waals surface area contributed by atoms with Gasteiger partial charge in [0.05, 0.1) is 6.04 Å². The molecule has 2 rings (SSSR count). The van der Waals surface area contributed by atoms with Gasteiger partial charge >= 0.3 is 0 Å². The van der Waals surface area contributed by atoms with Crippen molar-refractivity contribution >= 4 is 11.6 Å². The minimum absolute atomic E-state index is 0.165. The molecule has 1 heterocycles. The van der Waals surface area contributed by atoms with Crippen LogP contribution in [0.1, 0.15) is 11.6 Å². The van der Waals surface area contributed by atoms with Crippen LogP contribution < -0.4 is 16.0 Å². The topological polar surface area (TPSA) is 73.1 Å². The molecule has 1 aromatic heterocycles. The predicted octanol–water partition coefficient (Wildman–Crippen LogP) is 1.71. The smallest absolute Gasteiger partial charge is 0.119 e. The second-order valence-electron chi connectivity index (χ2n) is 3.66. The van der Waals surface area contributed by atoms with Gasteiger partial charge in [0, 0.05) is 23.0 Å². The zero-order chi connectivity index (χ0) is 12.8. The fourth-order valence-electron chi connectivity index (χ4n) is 1.44. The average molecular weight is 265 g/mol. The maximum Gasteiger partial charge on any atom is 0.119 e. The quantitative estimate of drug-likeness (QED) is 0.635. The Kier molecular flexibility index (Phi) is 4.46. The summed E-state index contributed by atoms with van der Waals surface area (Å²) in [6.45, 7) is 0.380. The van der Waals surface area contributed by atoms with E-state index in [1.807, 2.05) is 0 Å². The number of rotatable bonds is 5. The Balaban J connectivity index is 1.97. The lowest BCUT2D eigenvalue weighted by Crippen LogP contribution is -2.32. The Labute approximate surface area is 110 Å². The molecule has 2 aromatic rings. The molecule has 0 aliphatic carbocycles. The molecular formula is C12H13ClN4O. The van der Waals surface area contributed by atoms with Gasteiger partial charge in [0.2, 0.25) is 0 Å². The van der Waals surface area contributed by atoms with Crippen molar-refractivity contribution in [1.82, 2.24) is 15.4 Å². The first-order valence-corrected chi connectivity index (χ1v) is 5.77. The largest absolute Gasteiger partial charge is 0.492 e. The van der Waals surface area contributed by atoms with Crippen LogP contribution in [0.15, 0.2) is 43.0 Å². The lowest BCUT2D eigenvalue weighted by atomic mass is 10.2. The molecule has 0 aliphatic heterocycles. The van der Waals surface area contributed by atoms with E-state index in [1.54, 1.807) is 36.7 Å². The van der Waals surface area contributed by atoms with Gasteiger partial charge in [-0.05, 0) is 24.3 Å². The van der Waals surface area contributed by atoms with Crippen LogP contribution in [0, 0.1) is 0 Å². The second kappa shape index (κ2) is 6.30. The summed E-state index contributed by atoms with van der Waals surface area (Å²) in [5.41, 5.74) is 3.54. The van der Waals surface area contributed by atoms with Crippen LogP contribution in [-0.4, -0.2) is 16.6 Å². The standard InChI is InChI=1S/C12H13ClN4O/c13-10-1-3-11(4-2-10)18-7-12(17-14)9-5-15-8-16-6-9/h1-6,8,12,17H,7,14H2. The van der Waals surface area contributed by atoms with Gasteiger partial charge in [0.1, 0.15) is 18.7 Å². The highest BCUT2D eigenvalue weighted by Crippen LogP contribution is 2.17. The monoisotopic (exact) mass is 264 g/mol. The fourth-order valence-corrected chi connectivity index (χ4v) is 1.57. The van der Waals surface area contributed by atoms with Gasteiger partial charge in [-0.25, -0.2) is 15.4 Å². The Morgan fingerprint density at radius 1 is 1.22 bits per heavy atom. The van der Waals surface area contributed by atoms with Crippen molar-refractivity contribution in [3.05, 3.63) is 53.6 Å². The van der Waals surface area contributed by atoms with Crippen LogP contribution in [0.4, 0.5) is 0 Å². The maximum absolute atomic E-state index is 5.79. The van der Waals surface area contributed by atoms with Gasteiger partial charge in [0.25, 0.3) is 0 Å². The molecule has 0 spiro atoms. The van der Waals surface area contributed by atoms with Gasteiger partial charge in [-0.15, -0.1) is 0 Å². The molecule has 18 heavy (non-hydrogen) atoms. The number of halogens is 1. The third-order valence-corrected chi connectivity index (χ3v) is 2.67. The van der Waals surface area contributed by atoms with Crippen LogP contribution in [0.2, 0.25) is 5.02 Å². The lowest BCUT2D eigenvalue weighted by molar-refractivity contribution is 0.267. The van der Waals surface area contributed by atoms with Crippen molar-refractivity contribution in [1.29, 1.82) is 0 Å². The summed E-state index contributed by atoms with van der Waals surface area (Å²) in [6, 6.07) is 6.98. The molecule has 0 bridgehead atoms. The van der Waals surface area contributed by atoms with Crippen molar-refractivity contribution in [2.24, 2.45) is 5.84 Å². The van der Waals surface area contributed by atoms with Crippen molar-refractivity contribution in [2.75, 3.05) is 6.61 Å². The molecule has 94 valence electrons. The first-order valence-electron chi connectivity index (χ1n) is 5.39. The summed E-state index contributed by atoms with van der Waals surface area (Å²) in [5, 5.41) is 0.673. The zero-order valence-electron chi connectivity index (χ0n) is 9.58. The van der Waals surface area contributed by atoms with Gasteiger partial charge < -0.3 is 4.74 Å². The fraction of sp³-hybridized carbons (Fsp3) is 0.167. The van der Waals surface area contributed by atoms with E-state index in [0.717, 1.165) is 11.3 Å². The number of nitrogens with zero attached hydrogens (tertiary/aromatic N) is 2. The van der Waals surface area contributed by atoms with Gasteiger partial charge in [-0.3, -0.25) is 5.84 Å². The van der Waals surface area contributed by atoms with Gasteiger partial charge in [-0.1, -0.05) is 11.6 Å². The summed E-state index contributed by atoms with van der Waals surface area (Å²) in [6.07, 6.45) is 4.86. The lowest BCUT2D eigenvalue weighted by Gasteiger charge is -2.16. The number of benzene rings is 1. The van der Waals surface area contributed by atoms with E-state index in [1.165, 1.54) is 6.33 Å². The van der Waals surface area contributed by atoms with Crippen molar-refractivity contribution in [3.8, 4) is 5.75 Å². The van der Waals surface area contributed by atoms with Gasteiger partial charge in [-0.2, -0.15) is 0 Å². The summed E-state index contributed by atoms with van der Waals surface area (Å²) < 4.78 is 5.61. The first kappa shape index (κ1) is 12.8. The van der Waals surface area contributed by atoms with E-state index in [2.05, 4.69) is 15.4 Å². The number of hydrogen-bond donors (Lipinski definition) is 2. The number of ether oxygens (including phenoxy) is 1. The van der Waals surface area contributed by atoms with Crippen LogP contribution in [0.5, 0.6) is 5.75 Å². The number of nitrogens with one attached hydrogen (secondary N) is 1. The molecule has 0 amide bonds. The molecule has 3 N–H and O–H groups in total. The zero-order valence-corrected chi connectivity index (χ0v) is 10.3. The highest BCUT2D eigenvalue weighted by atomic mass is 35.5. The molecule has 1 atom stereocenters. The SMILES string of the molecule is NNC(COc1ccc(Cl)cc1)c1cncnc1. The van der Waals surface area contributed by atoms with Crippen LogP contribution in [0.25, 0.3) is 0 Å². The third kappa shape index (κ3) is 3.40. The molecular weight excluding hydrogens is 252 g/mol. The molecule has 0 radical (unpaired) electrons. The highest BCUT2D eigenvalue weighted by Gasteiger charge is 2.10. The maximum atomic E-state index is 5.79. The van der Waals surface area contributed by atoms with E-state index >= 15 is 0 Å². The number of nitrogens with two attached hydrogens (primary N) is 1. The first-order chi connectivity index (χ1) is 8.79. The van der Waals surface area contributed by atoms with E-state index in [4.69, 9.17) is 22.2 Å². The Hall–Kier alpha value is -1.69. The summed E-state index contributed by atoms with van der Waals surface area (Å²) in [4.78, 5) is 7.88. The molecule has 6 heteroatoms. The second-order valence-corrected chi connectivity index (χ2v) is 4.09. The average Bonchev–Trinajstić information content (AvgIpc) is 2.43. The van der Waals surface area contributed by atoms with Crippen LogP contribution in [0.3, 0.4) is 0 Å². The summed E-state index contributed by atoms with van der Waals surface area (Å²) >= 11 is 5.79. The molecule has 5 nitrogen and oxygen atoms in total. The summed E-state index contributed by atoms with van der Waals surface area (Å²) in [7, 11) is 0. The minimum Gasteiger partial charge on any atom is -0.492 e. The van der Waals surface area contributed by atoms with Crippen molar-refractivity contribution in [3.63, 3.8) is 0 Å². The van der Waals surface area contributed by atoms with Crippen molar-refractivity contribution in [2.45, 2.75) is 6.04 Å². The predicted molar refractivity (Wildman–Crippen MR) is 69.0 cm³/mol. The number of hydrazine groups is 1. The molecule has 0 fully saturated rings. The summed E-state index contributed by atoms with van der Waals surface area (Å²) in [5.74, 6) is 6.22. The molecule has 0 saturated heterocycles. The highest BCUT2D eigenvalue weighted by molar-refractivity contribution is 6.30. The molecule has 0 saturated carbocycles. The van der Waals surface area contributed by atoms with E-state index in [9.17, 15) is 0 Å². The molecule has 1 aromatic carbocycles. The third-order valence-electron chi connectivity index (χ3n) is 2.41. The van der Waals surface area contributed by atoms with E-state index in [-0.39, 0.29) is 6.04 Å². The van der Waals surface area contributed by atoms with Crippen LogP contribution in [-0.2, 0) is 0 Å². The van der Waals surface area contributed by atoms with Crippen LogP contribution >= 0.6 is 11.6 Å². The van der Waals surface area contributed by atoms with Gasteiger partial charge in [0.15, 0.2) is 0 Å². The Bertz CT molecular complexity index is 477. The number of hydrogen-bond acceptors (Lipinski definition) is 5. The number of aromatic nitrogens is 2. The Morgan fingerprint density at radius 3 is 2.50 bits per heavy atom. The van der Waals surface area contributed by atoms with E-state index in [0.29, 0.717) is 11.6 Å². The molecule has 0 aliphatic rings. The molecule has 1 unspecified atom stereocenters. The van der Waals surface area contributed by atoms with E-state index < -0.39 is 0 Å². The normalized spacial score (nSPS) is 12.1. The van der Waals surface area contributed by atoms with Crippen molar-refractivity contribution < 1.29 is 4.74 Å². The Morgan fingerprint density at radius 2 is 1.89 bits per heavy atom.